The quantitative estimate of drug-likeness (QED) is 0.669. The fourth-order valence-electron chi connectivity index (χ4n) is 2.03. The minimum Gasteiger partial charge on any atom is -0.497 e. The van der Waals surface area contributed by atoms with Crippen LogP contribution in [0.3, 0.4) is 0 Å². The molecule has 0 bridgehead atoms. The fraction of sp³-hybridized carbons (Fsp3) is 0.222. The van der Waals surface area contributed by atoms with Crippen LogP contribution in [-0.2, 0) is 4.79 Å². The Morgan fingerprint density at radius 2 is 1.85 bits per heavy atom. The molecule has 2 rings (SSSR count). The molecule has 0 aliphatic rings. The average molecular weight is 394 g/mol. The van der Waals surface area contributed by atoms with Gasteiger partial charge >= 0.3 is 6.03 Å². The van der Waals surface area contributed by atoms with E-state index in [9.17, 15) is 9.59 Å². The molecule has 0 spiro atoms. The molecule has 0 saturated carbocycles. The third-order valence-electron chi connectivity index (χ3n) is 3.26. The summed E-state index contributed by atoms with van der Waals surface area (Å²) in [6.07, 6.45) is 0. The smallest absolute Gasteiger partial charge is 0.319 e. The van der Waals surface area contributed by atoms with Gasteiger partial charge in [0.2, 0.25) is 5.91 Å². The molecule has 2 aromatic rings. The number of hydrogen-bond acceptors (Lipinski definition) is 4. The zero-order valence-electron chi connectivity index (χ0n) is 14.5. The number of likely N-dealkylation sites (N-methyl/N-ethyl adjacent to an activating group) is 1. The third kappa shape index (κ3) is 6.16. The lowest BCUT2D eigenvalue weighted by Crippen LogP contribution is -2.38. The fourth-order valence-corrected chi connectivity index (χ4v) is 3.14. The van der Waals surface area contributed by atoms with Crippen molar-refractivity contribution >= 4 is 41.0 Å². The molecular formula is C18H20ClN3O3S. The number of hydrogen-bond donors (Lipinski definition) is 3. The van der Waals surface area contributed by atoms with Crippen LogP contribution in [0.4, 0.5) is 10.5 Å². The van der Waals surface area contributed by atoms with E-state index in [2.05, 4.69) is 16.0 Å². The van der Waals surface area contributed by atoms with Gasteiger partial charge in [0, 0.05) is 22.0 Å². The Morgan fingerprint density at radius 3 is 2.46 bits per heavy atom. The number of anilines is 1. The van der Waals surface area contributed by atoms with Crippen LogP contribution in [-0.4, -0.2) is 32.1 Å². The summed E-state index contributed by atoms with van der Waals surface area (Å²) in [4.78, 5) is 25.0. The minimum absolute atomic E-state index is 0.0845. The predicted octanol–water partition coefficient (Wildman–Crippen LogP) is 3.76. The first-order valence-corrected chi connectivity index (χ1v) is 9.14. The van der Waals surface area contributed by atoms with Gasteiger partial charge in [-0.3, -0.25) is 4.79 Å². The number of nitrogens with one attached hydrogen (secondary N) is 3. The first kappa shape index (κ1) is 19.9. The number of carbonyl (C=O) groups excluding carboxylic acids is 2. The van der Waals surface area contributed by atoms with Crippen molar-refractivity contribution < 1.29 is 14.3 Å². The van der Waals surface area contributed by atoms with Gasteiger partial charge in [-0.15, -0.1) is 0 Å². The number of amides is 3. The Morgan fingerprint density at radius 1 is 1.12 bits per heavy atom. The first-order chi connectivity index (χ1) is 12.5. The number of rotatable bonds is 7. The van der Waals surface area contributed by atoms with Gasteiger partial charge in [-0.1, -0.05) is 23.4 Å². The SMILES string of the molecule is CCNC(=O)CNC(=O)Nc1ccc(Sc2ccc(OC)cc2)c(Cl)c1. The molecule has 3 N–H and O–H groups in total. The van der Waals surface area contributed by atoms with E-state index in [4.69, 9.17) is 16.3 Å². The van der Waals surface area contributed by atoms with Gasteiger partial charge in [0.15, 0.2) is 0 Å². The molecule has 0 radical (unpaired) electrons. The van der Waals surface area contributed by atoms with Crippen molar-refractivity contribution in [2.45, 2.75) is 16.7 Å². The monoisotopic (exact) mass is 393 g/mol. The van der Waals surface area contributed by atoms with E-state index < -0.39 is 6.03 Å². The van der Waals surface area contributed by atoms with Gasteiger partial charge in [0.05, 0.1) is 18.7 Å². The number of carbonyl (C=O) groups is 2. The van der Waals surface area contributed by atoms with Crippen molar-refractivity contribution in [1.29, 1.82) is 0 Å². The summed E-state index contributed by atoms with van der Waals surface area (Å²) in [6.45, 7) is 2.25. The number of ether oxygens (including phenoxy) is 1. The van der Waals surface area contributed by atoms with Gasteiger partial charge in [-0.25, -0.2) is 4.79 Å². The molecule has 26 heavy (non-hydrogen) atoms. The largest absolute Gasteiger partial charge is 0.497 e. The Labute approximate surface area is 161 Å². The van der Waals surface area contributed by atoms with E-state index in [0.717, 1.165) is 15.5 Å². The topological polar surface area (TPSA) is 79.5 Å². The number of methoxy groups -OCH3 is 1. The van der Waals surface area contributed by atoms with Crippen molar-refractivity contribution in [3.63, 3.8) is 0 Å². The predicted molar refractivity (Wildman–Crippen MR) is 104 cm³/mol. The summed E-state index contributed by atoms with van der Waals surface area (Å²) < 4.78 is 5.14. The summed E-state index contributed by atoms with van der Waals surface area (Å²) in [5, 5.41) is 8.24. The molecule has 3 amide bonds. The number of halogens is 1. The highest BCUT2D eigenvalue weighted by Crippen LogP contribution is 2.35. The number of urea groups is 1. The molecule has 0 fully saturated rings. The van der Waals surface area contributed by atoms with Crippen LogP contribution in [0.25, 0.3) is 0 Å². The van der Waals surface area contributed by atoms with E-state index in [1.165, 1.54) is 11.8 Å². The molecule has 0 saturated heterocycles. The molecule has 2 aromatic carbocycles. The second-order valence-electron chi connectivity index (χ2n) is 5.18. The van der Waals surface area contributed by atoms with E-state index in [-0.39, 0.29) is 12.5 Å². The molecule has 138 valence electrons. The molecule has 0 unspecified atom stereocenters. The van der Waals surface area contributed by atoms with Crippen molar-refractivity contribution in [3.8, 4) is 5.75 Å². The molecule has 0 aliphatic heterocycles. The van der Waals surface area contributed by atoms with Crippen LogP contribution in [0.15, 0.2) is 52.3 Å². The van der Waals surface area contributed by atoms with Crippen LogP contribution in [0.2, 0.25) is 5.02 Å². The van der Waals surface area contributed by atoms with Crippen LogP contribution in [0.1, 0.15) is 6.92 Å². The highest BCUT2D eigenvalue weighted by molar-refractivity contribution is 7.99. The normalized spacial score (nSPS) is 10.1. The average Bonchev–Trinajstić information content (AvgIpc) is 2.63. The Hall–Kier alpha value is -2.38. The number of benzene rings is 2. The Balaban J connectivity index is 1.93. The lowest BCUT2D eigenvalue weighted by atomic mass is 10.3. The second-order valence-corrected chi connectivity index (χ2v) is 6.71. The molecule has 6 nitrogen and oxygen atoms in total. The van der Waals surface area contributed by atoms with Gasteiger partial charge < -0.3 is 20.7 Å². The minimum atomic E-state index is -0.470. The zero-order valence-corrected chi connectivity index (χ0v) is 16.0. The van der Waals surface area contributed by atoms with Gasteiger partial charge in [0.1, 0.15) is 5.75 Å². The van der Waals surface area contributed by atoms with E-state index in [0.29, 0.717) is 17.3 Å². The van der Waals surface area contributed by atoms with Crippen LogP contribution < -0.4 is 20.7 Å². The molecule has 0 aromatic heterocycles. The maximum Gasteiger partial charge on any atom is 0.319 e. The lowest BCUT2D eigenvalue weighted by Gasteiger charge is -2.10. The Kier molecular flexibility index (Phi) is 7.62. The van der Waals surface area contributed by atoms with Gasteiger partial charge in [-0.05, 0) is 49.4 Å². The van der Waals surface area contributed by atoms with Crippen LogP contribution in [0.5, 0.6) is 5.75 Å². The van der Waals surface area contributed by atoms with E-state index >= 15 is 0 Å². The Bertz CT molecular complexity index is 769. The van der Waals surface area contributed by atoms with E-state index in [1.807, 2.05) is 37.3 Å². The second kappa shape index (κ2) is 9.94. The molecule has 0 heterocycles. The van der Waals surface area contributed by atoms with Gasteiger partial charge in [-0.2, -0.15) is 0 Å². The first-order valence-electron chi connectivity index (χ1n) is 7.95. The summed E-state index contributed by atoms with van der Waals surface area (Å²) in [5.74, 6) is 0.547. The zero-order chi connectivity index (χ0) is 18.9. The standard InChI is InChI=1S/C18H20ClN3O3S/c1-3-20-17(23)11-21-18(24)22-12-4-9-16(15(19)10-12)26-14-7-5-13(25-2)6-8-14/h4-10H,3,11H2,1-2H3,(H,20,23)(H2,21,22,24). The molecular weight excluding hydrogens is 374 g/mol. The van der Waals surface area contributed by atoms with Crippen LogP contribution in [0, 0.1) is 0 Å². The molecule has 0 atom stereocenters. The van der Waals surface area contributed by atoms with Gasteiger partial charge in [0.25, 0.3) is 0 Å². The van der Waals surface area contributed by atoms with Crippen molar-refractivity contribution in [2.75, 3.05) is 25.5 Å². The highest BCUT2D eigenvalue weighted by atomic mass is 35.5. The highest BCUT2D eigenvalue weighted by Gasteiger charge is 2.08. The molecule has 0 aliphatic carbocycles. The van der Waals surface area contributed by atoms with Crippen molar-refractivity contribution in [2.24, 2.45) is 0 Å². The van der Waals surface area contributed by atoms with Crippen molar-refractivity contribution in [1.82, 2.24) is 10.6 Å². The summed E-state index contributed by atoms with van der Waals surface area (Å²) in [5.41, 5.74) is 0.544. The summed E-state index contributed by atoms with van der Waals surface area (Å²) >= 11 is 7.82. The maximum atomic E-state index is 11.8. The third-order valence-corrected chi connectivity index (χ3v) is 4.77. The summed E-state index contributed by atoms with van der Waals surface area (Å²) in [6, 6.07) is 12.4. The van der Waals surface area contributed by atoms with Crippen molar-refractivity contribution in [3.05, 3.63) is 47.5 Å². The van der Waals surface area contributed by atoms with E-state index in [1.54, 1.807) is 19.2 Å². The van der Waals surface area contributed by atoms with Crippen LogP contribution >= 0.6 is 23.4 Å². The summed E-state index contributed by atoms with van der Waals surface area (Å²) in [7, 11) is 1.62. The maximum absolute atomic E-state index is 11.8. The lowest BCUT2D eigenvalue weighted by molar-refractivity contribution is -0.119. The molecule has 8 heteroatoms.